The quantitative estimate of drug-likeness (QED) is 0.523. The number of carboxylic acid groups (broad SMARTS) is 2. The van der Waals surface area contributed by atoms with E-state index in [0.29, 0.717) is 0 Å². The van der Waals surface area contributed by atoms with Gasteiger partial charge < -0.3 is 10.2 Å². The minimum atomic E-state index is -3.84. The molecule has 0 amide bonds. The van der Waals surface area contributed by atoms with Gasteiger partial charge in [0.15, 0.2) is 0 Å². The zero-order chi connectivity index (χ0) is 13.6. The molecule has 0 aliphatic carbocycles. The second-order valence-corrected chi connectivity index (χ2v) is 5.50. The van der Waals surface area contributed by atoms with E-state index >= 15 is 0 Å². The predicted molar refractivity (Wildman–Crippen MR) is 58.7 cm³/mol. The molecule has 1 atom stereocenters. The van der Waals surface area contributed by atoms with E-state index in [9.17, 15) is 18.0 Å². The summed E-state index contributed by atoms with van der Waals surface area (Å²) in [6.45, 7) is 0. The van der Waals surface area contributed by atoms with Crippen molar-refractivity contribution < 1.29 is 28.2 Å². The normalized spacial score (nSPS) is 13.6. The van der Waals surface area contributed by atoms with E-state index < -0.39 is 28.2 Å². The lowest BCUT2D eigenvalue weighted by Crippen LogP contribution is -2.45. The molecule has 0 radical (unpaired) electrons. The largest absolute Gasteiger partial charge is 0.481 e. The molecule has 0 aromatic rings. The van der Waals surface area contributed by atoms with Crippen molar-refractivity contribution in [2.45, 2.75) is 25.3 Å². The van der Waals surface area contributed by atoms with E-state index in [0.717, 1.165) is 4.31 Å². The van der Waals surface area contributed by atoms with Crippen LogP contribution in [0.2, 0.25) is 0 Å². The maximum atomic E-state index is 11.4. The van der Waals surface area contributed by atoms with Gasteiger partial charge in [-0.1, -0.05) is 0 Å². The molecule has 0 aliphatic rings. The van der Waals surface area contributed by atoms with Crippen molar-refractivity contribution in [2.75, 3.05) is 14.1 Å². The van der Waals surface area contributed by atoms with Gasteiger partial charge in [0.25, 0.3) is 10.2 Å². The molecule has 100 valence electrons. The number of aliphatic carboxylic acids is 2. The molecule has 0 aromatic heterocycles. The number of hydrogen-bond donors (Lipinski definition) is 3. The highest BCUT2D eigenvalue weighted by Crippen LogP contribution is 2.04. The first kappa shape index (κ1) is 15.8. The summed E-state index contributed by atoms with van der Waals surface area (Å²) in [5, 5.41) is 17.2. The number of nitrogens with one attached hydrogen (secondary N) is 1. The highest BCUT2D eigenvalue weighted by Gasteiger charge is 2.25. The smallest absolute Gasteiger partial charge is 0.321 e. The van der Waals surface area contributed by atoms with Crippen LogP contribution in [0.5, 0.6) is 0 Å². The van der Waals surface area contributed by atoms with E-state index in [4.69, 9.17) is 10.2 Å². The van der Waals surface area contributed by atoms with Crippen LogP contribution in [0.15, 0.2) is 0 Å². The summed E-state index contributed by atoms with van der Waals surface area (Å²) in [6.07, 6.45) is -0.190. The number of nitrogens with zero attached hydrogens (tertiary/aromatic N) is 1. The third-order valence-corrected chi connectivity index (χ3v) is 3.50. The standard InChI is InChI=1S/C8H16N2O6S/c1-10(2)17(15,16)9-6(8(13)14)4-3-5-7(11)12/h6,9H,3-5H2,1-2H3,(H,11,12)(H,13,14)/t6-/m1/s1. The summed E-state index contributed by atoms with van der Waals surface area (Å²) in [5.74, 6) is -2.38. The van der Waals surface area contributed by atoms with Crippen LogP contribution in [0.1, 0.15) is 19.3 Å². The van der Waals surface area contributed by atoms with Gasteiger partial charge in [-0.25, -0.2) is 0 Å². The van der Waals surface area contributed by atoms with E-state index in [-0.39, 0.29) is 19.3 Å². The van der Waals surface area contributed by atoms with Gasteiger partial charge >= 0.3 is 11.9 Å². The van der Waals surface area contributed by atoms with Crippen LogP contribution in [-0.4, -0.2) is 55.0 Å². The lowest BCUT2D eigenvalue weighted by Gasteiger charge is -2.17. The van der Waals surface area contributed by atoms with Gasteiger partial charge in [0.05, 0.1) is 0 Å². The Morgan fingerprint density at radius 2 is 1.82 bits per heavy atom. The van der Waals surface area contributed by atoms with Crippen molar-refractivity contribution in [3.05, 3.63) is 0 Å². The van der Waals surface area contributed by atoms with Gasteiger partial charge in [-0.3, -0.25) is 9.59 Å². The van der Waals surface area contributed by atoms with Gasteiger partial charge in [-0.2, -0.15) is 17.4 Å². The summed E-state index contributed by atoms with van der Waals surface area (Å²) in [6, 6.07) is -1.32. The Morgan fingerprint density at radius 1 is 1.29 bits per heavy atom. The molecular formula is C8H16N2O6S. The Labute approximate surface area is 99.4 Å². The molecule has 0 saturated heterocycles. The summed E-state index contributed by atoms with van der Waals surface area (Å²) in [4.78, 5) is 21.0. The highest BCUT2D eigenvalue weighted by atomic mass is 32.2. The van der Waals surface area contributed by atoms with Crippen LogP contribution in [0.25, 0.3) is 0 Å². The van der Waals surface area contributed by atoms with Crippen LogP contribution in [0.3, 0.4) is 0 Å². The fourth-order valence-electron chi connectivity index (χ4n) is 0.975. The monoisotopic (exact) mass is 268 g/mol. The first-order valence-corrected chi connectivity index (χ1v) is 6.25. The van der Waals surface area contributed by atoms with Crippen LogP contribution in [0, 0.1) is 0 Å². The molecule has 0 saturated carbocycles. The average molecular weight is 268 g/mol. The molecule has 0 aliphatic heterocycles. The second kappa shape index (κ2) is 6.52. The fourth-order valence-corrected chi connectivity index (χ4v) is 1.76. The van der Waals surface area contributed by atoms with Crippen molar-refractivity contribution in [3.63, 3.8) is 0 Å². The Morgan fingerprint density at radius 3 is 2.18 bits per heavy atom. The molecule has 0 heterocycles. The summed E-state index contributed by atoms with van der Waals surface area (Å²) >= 11 is 0. The maximum absolute atomic E-state index is 11.4. The summed E-state index contributed by atoms with van der Waals surface area (Å²) in [5.41, 5.74) is 0. The molecule has 17 heavy (non-hydrogen) atoms. The fraction of sp³-hybridized carbons (Fsp3) is 0.750. The first-order chi connectivity index (χ1) is 7.66. The van der Waals surface area contributed by atoms with Crippen LogP contribution in [0.4, 0.5) is 0 Å². The van der Waals surface area contributed by atoms with Gasteiger partial charge in [-0.05, 0) is 12.8 Å². The number of carbonyl (C=O) groups is 2. The van der Waals surface area contributed by atoms with Crippen molar-refractivity contribution >= 4 is 22.1 Å². The molecule has 3 N–H and O–H groups in total. The van der Waals surface area contributed by atoms with Crippen molar-refractivity contribution in [3.8, 4) is 0 Å². The molecule has 0 unspecified atom stereocenters. The van der Waals surface area contributed by atoms with Gasteiger partial charge in [0.1, 0.15) is 6.04 Å². The molecule has 0 bridgehead atoms. The van der Waals surface area contributed by atoms with Crippen LogP contribution < -0.4 is 4.72 Å². The molecule has 0 rings (SSSR count). The topological polar surface area (TPSA) is 124 Å². The highest BCUT2D eigenvalue weighted by molar-refractivity contribution is 7.87. The minimum absolute atomic E-state index is 0.0747. The van der Waals surface area contributed by atoms with E-state index in [1.54, 1.807) is 0 Å². The Kier molecular flexibility index (Phi) is 6.07. The predicted octanol–water partition coefficient (Wildman–Crippen LogP) is -0.909. The van der Waals surface area contributed by atoms with Gasteiger partial charge in [0.2, 0.25) is 0 Å². The van der Waals surface area contributed by atoms with Crippen LogP contribution in [-0.2, 0) is 19.8 Å². The van der Waals surface area contributed by atoms with Gasteiger partial charge in [0, 0.05) is 20.5 Å². The van der Waals surface area contributed by atoms with Crippen molar-refractivity contribution in [1.82, 2.24) is 9.03 Å². The number of hydrogen-bond acceptors (Lipinski definition) is 4. The molecule has 9 heteroatoms. The average Bonchev–Trinajstić information content (AvgIpc) is 2.14. The SMILES string of the molecule is CN(C)S(=O)(=O)N[C@H](CCCC(=O)O)C(=O)O. The molecule has 0 spiro atoms. The zero-order valence-electron chi connectivity index (χ0n) is 9.58. The Hall–Kier alpha value is -1.19. The molecule has 8 nitrogen and oxygen atoms in total. The van der Waals surface area contributed by atoms with Crippen molar-refractivity contribution in [2.24, 2.45) is 0 Å². The third-order valence-electron chi connectivity index (χ3n) is 1.95. The lowest BCUT2D eigenvalue weighted by molar-refractivity contribution is -0.140. The first-order valence-electron chi connectivity index (χ1n) is 4.81. The Balaban J connectivity index is 4.46. The Bertz CT molecular complexity index is 377. The molecule has 0 fully saturated rings. The maximum Gasteiger partial charge on any atom is 0.321 e. The number of carboxylic acids is 2. The lowest BCUT2D eigenvalue weighted by atomic mass is 10.1. The van der Waals surface area contributed by atoms with Gasteiger partial charge in [-0.15, -0.1) is 0 Å². The molecular weight excluding hydrogens is 252 g/mol. The minimum Gasteiger partial charge on any atom is -0.481 e. The van der Waals surface area contributed by atoms with E-state index in [2.05, 4.69) is 0 Å². The second-order valence-electron chi connectivity index (χ2n) is 3.58. The number of rotatable bonds is 8. The van der Waals surface area contributed by atoms with Crippen molar-refractivity contribution in [1.29, 1.82) is 0 Å². The van der Waals surface area contributed by atoms with E-state index in [1.807, 2.05) is 4.72 Å². The summed E-state index contributed by atoms with van der Waals surface area (Å²) < 4.78 is 25.6. The zero-order valence-corrected chi connectivity index (χ0v) is 10.4. The third kappa shape index (κ3) is 6.19. The van der Waals surface area contributed by atoms with Crippen LogP contribution >= 0.6 is 0 Å². The molecule has 0 aromatic carbocycles. The summed E-state index contributed by atoms with van der Waals surface area (Å²) in [7, 11) is -1.31. The van der Waals surface area contributed by atoms with E-state index in [1.165, 1.54) is 14.1 Å².